The van der Waals surface area contributed by atoms with Gasteiger partial charge in [-0.05, 0) is 29.8 Å². The van der Waals surface area contributed by atoms with Crippen molar-refractivity contribution in [1.82, 2.24) is 0 Å². The third kappa shape index (κ3) is 3.55. The molecule has 0 radical (unpaired) electrons. The number of benzene rings is 2. The van der Waals surface area contributed by atoms with Crippen molar-refractivity contribution in [1.29, 1.82) is 0 Å². The number of hydrogen-bond acceptors (Lipinski definition) is 2. The molecule has 19 heavy (non-hydrogen) atoms. The van der Waals surface area contributed by atoms with E-state index in [1.807, 2.05) is 24.3 Å². The van der Waals surface area contributed by atoms with E-state index in [0.29, 0.717) is 16.5 Å². The molecule has 0 spiro atoms. The summed E-state index contributed by atoms with van der Waals surface area (Å²) < 4.78 is 19.5. The first-order chi connectivity index (χ1) is 9.10. The molecule has 4 heteroatoms. The van der Waals surface area contributed by atoms with Crippen molar-refractivity contribution < 1.29 is 14.2 Å². The van der Waals surface area contributed by atoms with E-state index in [0.717, 1.165) is 11.3 Å². The van der Waals surface area contributed by atoms with Crippen molar-refractivity contribution in [3.8, 4) is 5.75 Å². The van der Waals surface area contributed by atoms with E-state index < -0.39 is 11.9 Å². The fourth-order valence-electron chi connectivity index (χ4n) is 1.90. The summed E-state index contributed by atoms with van der Waals surface area (Å²) in [6.07, 6.45) is -0.532. The van der Waals surface area contributed by atoms with Gasteiger partial charge in [-0.1, -0.05) is 34.1 Å². The molecule has 2 aromatic carbocycles. The van der Waals surface area contributed by atoms with Crippen LogP contribution in [-0.2, 0) is 6.42 Å². The zero-order valence-corrected chi connectivity index (χ0v) is 12.0. The lowest BCUT2D eigenvalue weighted by Gasteiger charge is -2.13. The Hall–Kier alpha value is -1.39. The number of ether oxygens (including phenoxy) is 1. The lowest BCUT2D eigenvalue weighted by molar-refractivity contribution is 0.173. The van der Waals surface area contributed by atoms with Gasteiger partial charge in [-0.15, -0.1) is 0 Å². The average Bonchev–Trinajstić information content (AvgIpc) is 2.38. The van der Waals surface area contributed by atoms with Crippen molar-refractivity contribution in [2.75, 3.05) is 7.11 Å². The molecule has 1 N–H and O–H groups in total. The van der Waals surface area contributed by atoms with Crippen molar-refractivity contribution in [2.45, 2.75) is 12.5 Å². The first kappa shape index (κ1) is 14.0. The van der Waals surface area contributed by atoms with Crippen LogP contribution >= 0.6 is 15.9 Å². The molecule has 2 nitrogen and oxygen atoms in total. The highest BCUT2D eigenvalue weighted by atomic mass is 79.9. The average molecular weight is 325 g/mol. The molecule has 0 amide bonds. The molecule has 0 fully saturated rings. The van der Waals surface area contributed by atoms with Gasteiger partial charge in [-0.25, -0.2) is 4.39 Å². The molecule has 1 atom stereocenters. The minimum absolute atomic E-state index is 0.297. The van der Waals surface area contributed by atoms with Crippen LogP contribution in [0.1, 0.15) is 17.2 Å². The summed E-state index contributed by atoms with van der Waals surface area (Å²) in [4.78, 5) is 0. The molecule has 100 valence electrons. The zero-order chi connectivity index (χ0) is 13.8. The Bertz CT molecular complexity index is 572. The van der Waals surface area contributed by atoms with Crippen LogP contribution in [0.5, 0.6) is 5.75 Å². The van der Waals surface area contributed by atoms with Crippen LogP contribution in [0, 0.1) is 5.82 Å². The van der Waals surface area contributed by atoms with Crippen molar-refractivity contribution in [3.63, 3.8) is 0 Å². The Morgan fingerprint density at radius 1 is 1.26 bits per heavy atom. The van der Waals surface area contributed by atoms with E-state index in [4.69, 9.17) is 4.74 Å². The van der Waals surface area contributed by atoms with Gasteiger partial charge in [0, 0.05) is 16.5 Å². The quantitative estimate of drug-likeness (QED) is 0.925. The normalized spacial score (nSPS) is 12.2. The van der Waals surface area contributed by atoms with Crippen LogP contribution in [0.4, 0.5) is 4.39 Å². The number of halogens is 2. The predicted octanol–water partition coefficient (Wildman–Crippen LogP) is 3.87. The maximum atomic E-state index is 13.7. The SMILES string of the molecule is COc1cccc(CC(O)c2ccc(Br)cc2F)c1. The van der Waals surface area contributed by atoms with Crippen LogP contribution in [0.3, 0.4) is 0 Å². The first-order valence-corrected chi connectivity index (χ1v) is 6.65. The number of rotatable bonds is 4. The molecule has 1 unspecified atom stereocenters. The van der Waals surface area contributed by atoms with Gasteiger partial charge < -0.3 is 9.84 Å². The van der Waals surface area contributed by atoms with Crippen LogP contribution in [0.15, 0.2) is 46.9 Å². The van der Waals surface area contributed by atoms with Crippen molar-refractivity contribution in [3.05, 3.63) is 63.9 Å². The summed E-state index contributed by atoms with van der Waals surface area (Å²) in [7, 11) is 1.59. The second kappa shape index (κ2) is 6.17. The van der Waals surface area contributed by atoms with Crippen molar-refractivity contribution in [2.24, 2.45) is 0 Å². The maximum absolute atomic E-state index is 13.7. The molecular weight excluding hydrogens is 311 g/mol. The summed E-state index contributed by atoms with van der Waals surface area (Å²) in [5, 5.41) is 10.1. The standard InChI is InChI=1S/C15H14BrFO2/c1-19-12-4-2-3-10(7-12)8-15(18)13-6-5-11(16)9-14(13)17/h2-7,9,15,18H,8H2,1H3. The lowest BCUT2D eigenvalue weighted by Crippen LogP contribution is -2.04. The summed E-state index contributed by atoms with van der Waals surface area (Å²) in [5.41, 5.74) is 1.19. The summed E-state index contributed by atoms with van der Waals surface area (Å²) in [5.74, 6) is 0.311. The van der Waals surface area contributed by atoms with Gasteiger partial charge in [0.05, 0.1) is 13.2 Å². The van der Waals surface area contributed by atoms with Gasteiger partial charge in [-0.2, -0.15) is 0 Å². The van der Waals surface area contributed by atoms with Gasteiger partial charge in [-0.3, -0.25) is 0 Å². The zero-order valence-electron chi connectivity index (χ0n) is 10.4. The third-order valence-corrected chi connectivity index (χ3v) is 3.38. The Labute approximate surface area is 120 Å². The van der Waals surface area contributed by atoms with E-state index in [1.165, 1.54) is 6.07 Å². The molecule has 0 bridgehead atoms. The molecule has 2 rings (SSSR count). The highest BCUT2D eigenvalue weighted by Crippen LogP contribution is 2.25. The van der Waals surface area contributed by atoms with Gasteiger partial charge in [0.2, 0.25) is 0 Å². The molecule has 0 aliphatic heterocycles. The van der Waals surface area contributed by atoms with Crippen LogP contribution in [-0.4, -0.2) is 12.2 Å². The summed E-state index contributed by atoms with van der Waals surface area (Å²) in [6.45, 7) is 0. The molecule has 2 aromatic rings. The van der Waals surface area contributed by atoms with Gasteiger partial charge in [0.25, 0.3) is 0 Å². The van der Waals surface area contributed by atoms with E-state index >= 15 is 0 Å². The fourth-order valence-corrected chi connectivity index (χ4v) is 2.24. The van der Waals surface area contributed by atoms with E-state index in [9.17, 15) is 9.50 Å². The third-order valence-electron chi connectivity index (χ3n) is 2.88. The van der Waals surface area contributed by atoms with Crippen molar-refractivity contribution >= 4 is 15.9 Å². The second-order valence-electron chi connectivity index (χ2n) is 4.24. The minimum Gasteiger partial charge on any atom is -0.497 e. The maximum Gasteiger partial charge on any atom is 0.130 e. The van der Waals surface area contributed by atoms with Gasteiger partial charge in [0.1, 0.15) is 11.6 Å². The molecule has 0 heterocycles. The summed E-state index contributed by atoms with van der Waals surface area (Å²) >= 11 is 3.19. The predicted molar refractivity (Wildman–Crippen MR) is 75.8 cm³/mol. The molecule has 0 aliphatic rings. The van der Waals surface area contributed by atoms with Crippen LogP contribution in [0.2, 0.25) is 0 Å². The highest BCUT2D eigenvalue weighted by molar-refractivity contribution is 9.10. The first-order valence-electron chi connectivity index (χ1n) is 5.86. The molecule has 0 aliphatic carbocycles. The second-order valence-corrected chi connectivity index (χ2v) is 5.15. The highest BCUT2D eigenvalue weighted by Gasteiger charge is 2.14. The number of hydrogen-bond donors (Lipinski definition) is 1. The van der Waals surface area contributed by atoms with Crippen LogP contribution in [0.25, 0.3) is 0 Å². The molecule has 0 saturated carbocycles. The Kier molecular flexibility index (Phi) is 4.56. The molecule has 0 saturated heterocycles. The lowest BCUT2D eigenvalue weighted by atomic mass is 10.0. The number of aliphatic hydroxyl groups is 1. The van der Waals surface area contributed by atoms with E-state index in [2.05, 4.69) is 15.9 Å². The van der Waals surface area contributed by atoms with Gasteiger partial charge >= 0.3 is 0 Å². The van der Waals surface area contributed by atoms with E-state index in [-0.39, 0.29) is 0 Å². The Balaban J connectivity index is 2.17. The monoisotopic (exact) mass is 324 g/mol. The fraction of sp³-hybridized carbons (Fsp3) is 0.200. The molecular formula is C15H14BrFO2. The Morgan fingerprint density at radius 2 is 2.05 bits per heavy atom. The minimum atomic E-state index is -0.875. The number of aliphatic hydroxyl groups excluding tert-OH is 1. The van der Waals surface area contributed by atoms with E-state index in [1.54, 1.807) is 19.2 Å². The Morgan fingerprint density at radius 3 is 2.74 bits per heavy atom. The number of methoxy groups -OCH3 is 1. The summed E-state index contributed by atoms with van der Waals surface area (Å²) in [6, 6.07) is 12.0. The largest absolute Gasteiger partial charge is 0.497 e. The topological polar surface area (TPSA) is 29.5 Å². The molecule has 0 aromatic heterocycles. The van der Waals surface area contributed by atoms with Gasteiger partial charge in [0.15, 0.2) is 0 Å². The smallest absolute Gasteiger partial charge is 0.130 e. The van der Waals surface area contributed by atoms with Crippen LogP contribution < -0.4 is 4.74 Å².